The van der Waals surface area contributed by atoms with E-state index in [1.54, 1.807) is 13.2 Å². The van der Waals surface area contributed by atoms with Gasteiger partial charge >= 0.3 is 0 Å². The average molecular weight is 303 g/mol. The Morgan fingerprint density at radius 3 is 2.67 bits per heavy atom. The zero-order valence-electron chi connectivity index (χ0n) is 11.5. The van der Waals surface area contributed by atoms with Gasteiger partial charge in [0, 0.05) is 5.39 Å². The second-order valence-corrected chi connectivity index (χ2v) is 5.06. The van der Waals surface area contributed by atoms with Gasteiger partial charge in [0.25, 0.3) is 0 Å². The number of benzene rings is 2. The molecule has 21 heavy (non-hydrogen) atoms. The quantitative estimate of drug-likeness (QED) is 0.658. The van der Waals surface area contributed by atoms with Crippen LogP contribution in [0, 0.1) is 12.7 Å². The van der Waals surface area contributed by atoms with Crippen LogP contribution in [0.25, 0.3) is 22.3 Å². The predicted octanol–water partition coefficient (Wildman–Crippen LogP) is 4.41. The number of nitrogens with zero attached hydrogens (tertiary/aromatic N) is 2. The molecule has 0 aliphatic rings. The van der Waals surface area contributed by atoms with Gasteiger partial charge in [-0.25, -0.2) is 14.4 Å². The molecule has 5 heteroatoms. The van der Waals surface area contributed by atoms with Crippen LogP contribution in [0.2, 0.25) is 5.15 Å². The monoisotopic (exact) mass is 302 g/mol. The molecular weight excluding hydrogens is 291 g/mol. The maximum absolute atomic E-state index is 13.3. The van der Waals surface area contributed by atoms with Crippen LogP contribution < -0.4 is 4.74 Å². The molecule has 0 aliphatic heterocycles. The Kier molecular flexibility index (Phi) is 3.47. The molecule has 0 spiro atoms. The first kappa shape index (κ1) is 13.8. The van der Waals surface area contributed by atoms with E-state index in [9.17, 15) is 4.39 Å². The SMILES string of the molecule is COc1ccc(C)cc1-c1nc(Cl)c2cc(F)ccc2n1. The minimum atomic E-state index is -0.367. The fraction of sp³-hybridized carbons (Fsp3) is 0.125. The van der Waals surface area contributed by atoms with Crippen molar-refractivity contribution >= 4 is 22.5 Å². The Labute approximate surface area is 126 Å². The maximum Gasteiger partial charge on any atom is 0.165 e. The number of aryl methyl sites for hydroxylation is 1. The molecule has 106 valence electrons. The minimum absolute atomic E-state index is 0.220. The molecule has 0 atom stereocenters. The predicted molar refractivity (Wildman–Crippen MR) is 81.2 cm³/mol. The van der Waals surface area contributed by atoms with Gasteiger partial charge in [-0.1, -0.05) is 23.2 Å². The number of methoxy groups -OCH3 is 1. The van der Waals surface area contributed by atoms with Crippen LogP contribution in [0.15, 0.2) is 36.4 Å². The molecule has 3 rings (SSSR count). The topological polar surface area (TPSA) is 35.0 Å². The summed E-state index contributed by atoms with van der Waals surface area (Å²) in [5.74, 6) is 0.756. The van der Waals surface area contributed by atoms with Crippen LogP contribution in [-0.4, -0.2) is 17.1 Å². The van der Waals surface area contributed by atoms with Crippen LogP contribution in [-0.2, 0) is 0 Å². The lowest BCUT2D eigenvalue weighted by molar-refractivity contribution is 0.416. The van der Waals surface area contributed by atoms with Crippen molar-refractivity contribution in [1.82, 2.24) is 9.97 Å². The maximum atomic E-state index is 13.3. The van der Waals surface area contributed by atoms with E-state index in [-0.39, 0.29) is 11.0 Å². The van der Waals surface area contributed by atoms with Crippen molar-refractivity contribution < 1.29 is 9.13 Å². The summed E-state index contributed by atoms with van der Waals surface area (Å²) >= 11 is 6.16. The van der Waals surface area contributed by atoms with Crippen molar-refractivity contribution in [3.8, 4) is 17.1 Å². The zero-order valence-corrected chi connectivity index (χ0v) is 12.3. The van der Waals surface area contributed by atoms with Crippen LogP contribution in [0.1, 0.15) is 5.56 Å². The molecule has 0 fully saturated rings. The molecule has 2 aromatic carbocycles. The molecule has 0 N–H and O–H groups in total. The Morgan fingerprint density at radius 1 is 1.10 bits per heavy atom. The van der Waals surface area contributed by atoms with Crippen molar-refractivity contribution in [1.29, 1.82) is 0 Å². The summed E-state index contributed by atoms with van der Waals surface area (Å²) in [5, 5.41) is 0.713. The number of ether oxygens (including phenoxy) is 1. The highest BCUT2D eigenvalue weighted by Gasteiger charge is 2.13. The third-order valence-electron chi connectivity index (χ3n) is 3.21. The van der Waals surface area contributed by atoms with E-state index in [0.29, 0.717) is 22.5 Å². The number of rotatable bonds is 2. The normalized spacial score (nSPS) is 10.9. The van der Waals surface area contributed by atoms with Gasteiger partial charge in [0.05, 0.1) is 18.2 Å². The lowest BCUT2D eigenvalue weighted by Gasteiger charge is -2.10. The first-order valence-corrected chi connectivity index (χ1v) is 6.74. The highest BCUT2D eigenvalue weighted by Crippen LogP contribution is 2.31. The van der Waals surface area contributed by atoms with E-state index in [1.165, 1.54) is 12.1 Å². The third-order valence-corrected chi connectivity index (χ3v) is 3.50. The summed E-state index contributed by atoms with van der Waals surface area (Å²) in [4.78, 5) is 8.72. The highest BCUT2D eigenvalue weighted by molar-refractivity contribution is 6.34. The van der Waals surface area contributed by atoms with E-state index in [2.05, 4.69) is 9.97 Å². The number of aromatic nitrogens is 2. The summed E-state index contributed by atoms with van der Waals surface area (Å²) in [6.45, 7) is 1.97. The summed E-state index contributed by atoms with van der Waals surface area (Å²) in [6, 6.07) is 10.00. The first-order chi connectivity index (χ1) is 10.1. The molecule has 0 aliphatic carbocycles. The summed E-state index contributed by atoms with van der Waals surface area (Å²) < 4.78 is 18.6. The molecule has 1 aromatic heterocycles. The standard InChI is InChI=1S/C16H12ClFN2O/c1-9-3-6-14(21-2)12(7-9)16-19-13-5-4-10(18)8-11(13)15(17)20-16/h3-8H,1-2H3. The number of halogens is 2. The van der Waals surface area contributed by atoms with Crippen molar-refractivity contribution in [3.05, 3.63) is 52.9 Å². The van der Waals surface area contributed by atoms with Crippen LogP contribution in [0.4, 0.5) is 4.39 Å². The van der Waals surface area contributed by atoms with Crippen molar-refractivity contribution in [3.63, 3.8) is 0 Å². The van der Waals surface area contributed by atoms with Gasteiger partial charge < -0.3 is 4.74 Å². The molecule has 0 amide bonds. The molecule has 3 nitrogen and oxygen atoms in total. The van der Waals surface area contributed by atoms with Crippen molar-refractivity contribution in [2.45, 2.75) is 6.92 Å². The molecule has 0 saturated carbocycles. The van der Waals surface area contributed by atoms with Gasteiger partial charge in [-0.05, 0) is 37.3 Å². The number of hydrogen-bond acceptors (Lipinski definition) is 3. The molecular formula is C16H12ClFN2O. The molecule has 1 heterocycles. The summed E-state index contributed by atoms with van der Waals surface area (Å²) in [7, 11) is 1.59. The molecule has 0 saturated heterocycles. The van der Waals surface area contributed by atoms with Gasteiger partial charge in [-0.3, -0.25) is 0 Å². The van der Waals surface area contributed by atoms with Crippen LogP contribution in [0.3, 0.4) is 0 Å². The van der Waals surface area contributed by atoms with E-state index in [4.69, 9.17) is 16.3 Å². The Morgan fingerprint density at radius 2 is 1.90 bits per heavy atom. The third kappa shape index (κ3) is 2.54. The van der Waals surface area contributed by atoms with Gasteiger partial charge in [-0.2, -0.15) is 0 Å². The van der Waals surface area contributed by atoms with Crippen LogP contribution >= 0.6 is 11.6 Å². The van der Waals surface area contributed by atoms with Gasteiger partial charge in [-0.15, -0.1) is 0 Å². The molecule has 3 aromatic rings. The van der Waals surface area contributed by atoms with Gasteiger partial charge in [0.1, 0.15) is 16.7 Å². The van der Waals surface area contributed by atoms with E-state index in [0.717, 1.165) is 11.1 Å². The fourth-order valence-corrected chi connectivity index (χ4v) is 2.41. The van der Waals surface area contributed by atoms with E-state index < -0.39 is 0 Å². The van der Waals surface area contributed by atoms with Crippen LogP contribution in [0.5, 0.6) is 5.75 Å². The van der Waals surface area contributed by atoms with E-state index in [1.807, 2.05) is 25.1 Å². The Balaban J connectivity index is 2.26. The average Bonchev–Trinajstić information content (AvgIpc) is 2.47. The zero-order chi connectivity index (χ0) is 15.0. The lowest BCUT2D eigenvalue weighted by atomic mass is 10.1. The largest absolute Gasteiger partial charge is 0.496 e. The second-order valence-electron chi connectivity index (χ2n) is 4.70. The summed E-state index contributed by atoms with van der Waals surface area (Å²) in [6.07, 6.45) is 0. The lowest BCUT2D eigenvalue weighted by Crippen LogP contribution is -1.96. The number of hydrogen-bond donors (Lipinski definition) is 0. The number of fused-ring (bicyclic) bond motifs is 1. The fourth-order valence-electron chi connectivity index (χ4n) is 2.18. The Bertz CT molecular complexity index is 836. The molecule has 0 unspecified atom stereocenters. The molecule has 0 bridgehead atoms. The summed E-state index contributed by atoms with van der Waals surface area (Å²) in [5.41, 5.74) is 2.41. The van der Waals surface area contributed by atoms with Crippen molar-refractivity contribution in [2.24, 2.45) is 0 Å². The smallest absolute Gasteiger partial charge is 0.165 e. The van der Waals surface area contributed by atoms with E-state index >= 15 is 0 Å². The minimum Gasteiger partial charge on any atom is -0.496 e. The molecule has 0 radical (unpaired) electrons. The van der Waals surface area contributed by atoms with Gasteiger partial charge in [0.2, 0.25) is 0 Å². The second kappa shape index (κ2) is 5.30. The van der Waals surface area contributed by atoms with Gasteiger partial charge in [0.15, 0.2) is 5.82 Å². The highest BCUT2D eigenvalue weighted by atomic mass is 35.5. The first-order valence-electron chi connectivity index (χ1n) is 6.36. The van der Waals surface area contributed by atoms with Crippen molar-refractivity contribution in [2.75, 3.05) is 7.11 Å². The Hall–Kier alpha value is -2.20.